The molecule has 0 aliphatic heterocycles. The second-order valence-corrected chi connectivity index (χ2v) is 5.40. The topological polar surface area (TPSA) is 17.0 Å². The van der Waals surface area contributed by atoms with Crippen LogP contribution in [0.15, 0.2) is 36.7 Å². The predicted molar refractivity (Wildman–Crippen MR) is 81.7 cm³/mol. The number of rotatable bonds is 6. The van der Waals surface area contributed by atoms with Crippen LogP contribution in [0.5, 0.6) is 0 Å². The first kappa shape index (κ1) is 15.1. The van der Waals surface area contributed by atoms with Gasteiger partial charge in [-0.05, 0) is 42.8 Å². The van der Waals surface area contributed by atoms with Crippen molar-refractivity contribution < 1.29 is 4.39 Å². The van der Waals surface area contributed by atoms with E-state index in [0.29, 0.717) is 12.6 Å². The van der Waals surface area contributed by atoms with Crippen molar-refractivity contribution in [2.24, 2.45) is 0 Å². The van der Waals surface area contributed by atoms with Crippen LogP contribution >= 0.6 is 11.6 Å². The number of hydrogen-bond acceptors (Lipinski definition) is 1. The monoisotopic (exact) mass is 294 g/mol. The molecule has 0 bridgehead atoms. The van der Waals surface area contributed by atoms with Crippen molar-refractivity contribution in [3.8, 4) is 0 Å². The largest absolute Gasteiger partial charge is 0.350 e. The summed E-state index contributed by atoms with van der Waals surface area (Å²) >= 11 is 5.81. The molecule has 1 atom stereocenters. The zero-order valence-electron chi connectivity index (χ0n) is 11.9. The first-order valence-electron chi connectivity index (χ1n) is 6.91. The van der Waals surface area contributed by atoms with Gasteiger partial charge in [-0.15, -0.1) is 0 Å². The molecule has 0 aliphatic carbocycles. The molecule has 108 valence electrons. The summed E-state index contributed by atoms with van der Waals surface area (Å²) in [6, 6.07) is 7.37. The summed E-state index contributed by atoms with van der Waals surface area (Å²) < 4.78 is 15.2. The lowest BCUT2D eigenvalue weighted by atomic mass is 10.1. The SMILES string of the molecule is CCCC(NC)c1ccn(Cc2ccc(F)c(Cl)c2)c1. The van der Waals surface area contributed by atoms with Crippen LogP contribution in [-0.4, -0.2) is 11.6 Å². The normalized spacial score (nSPS) is 12.6. The van der Waals surface area contributed by atoms with Gasteiger partial charge < -0.3 is 9.88 Å². The number of hydrogen-bond donors (Lipinski definition) is 1. The molecule has 1 heterocycles. The van der Waals surface area contributed by atoms with Crippen LogP contribution < -0.4 is 5.32 Å². The van der Waals surface area contributed by atoms with E-state index in [2.05, 4.69) is 29.1 Å². The molecular formula is C16H20ClFN2. The Hall–Kier alpha value is -1.32. The molecule has 0 saturated heterocycles. The highest BCUT2D eigenvalue weighted by atomic mass is 35.5. The van der Waals surface area contributed by atoms with Gasteiger partial charge in [0.15, 0.2) is 0 Å². The second kappa shape index (κ2) is 6.91. The fourth-order valence-electron chi connectivity index (χ4n) is 2.38. The van der Waals surface area contributed by atoms with E-state index in [1.165, 1.54) is 11.6 Å². The zero-order valence-corrected chi connectivity index (χ0v) is 12.6. The van der Waals surface area contributed by atoms with Crippen LogP contribution in [0.1, 0.15) is 36.9 Å². The van der Waals surface area contributed by atoms with Gasteiger partial charge in [0.1, 0.15) is 5.82 Å². The molecule has 0 fully saturated rings. The number of nitrogens with one attached hydrogen (secondary N) is 1. The molecule has 1 aromatic heterocycles. The van der Waals surface area contributed by atoms with Crippen molar-refractivity contribution in [1.29, 1.82) is 0 Å². The predicted octanol–water partition coefficient (Wildman–Crippen LogP) is 4.39. The molecule has 0 saturated carbocycles. The van der Waals surface area contributed by atoms with E-state index in [4.69, 9.17) is 11.6 Å². The summed E-state index contributed by atoms with van der Waals surface area (Å²) in [5, 5.41) is 3.50. The lowest BCUT2D eigenvalue weighted by Gasteiger charge is -2.13. The number of halogens is 2. The van der Waals surface area contributed by atoms with Gasteiger partial charge in [0, 0.05) is 25.0 Å². The van der Waals surface area contributed by atoms with E-state index >= 15 is 0 Å². The maximum atomic E-state index is 13.1. The van der Waals surface area contributed by atoms with Gasteiger partial charge in [-0.3, -0.25) is 0 Å². The molecule has 2 aromatic rings. The Bertz CT molecular complexity index is 565. The minimum Gasteiger partial charge on any atom is -0.350 e. The lowest BCUT2D eigenvalue weighted by Crippen LogP contribution is -2.15. The summed E-state index contributed by atoms with van der Waals surface area (Å²) in [5.41, 5.74) is 2.28. The Labute approximate surface area is 124 Å². The van der Waals surface area contributed by atoms with Crippen LogP contribution in [-0.2, 0) is 6.54 Å². The Morgan fingerprint density at radius 3 is 2.80 bits per heavy atom. The van der Waals surface area contributed by atoms with Gasteiger partial charge >= 0.3 is 0 Å². The van der Waals surface area contributed by atoms with Crippen LogP contribution in [0.4, 0.5) is 4.39 Å². The third-order valence-electron chi connectivity index (χ3n) is 3.45. The molecule has 1 unspecified atom stereocenters. The van der Waals surface area contributed by atoms with Crippen molar-refractivity contribution in [2.75, 3.05) is 7.05 Å². The Balaban J connectivity index is 2.10. The van der Waals surface area contributed by atoms with Gasteiger partial charge in [0.05, 0.1) is 5.02 Å². The third-order valence-corrected chi connectivity index (χ3v) is 3.74. The van der Waals surface area contributed by atoms with Crippen LogP contribution in [0.2, 0.25) is 5.02 Å². The highest BCUT2D eigenvalue weighted by Gasteiger charge is 2.09. The van der Waals surface area contributed by atoms with Crippen LogP contribution in [0.25, 0.3) is 0 Å². The van der Waals surface area contributed by atoms with E-state index in [0.717, 1.165) is 18.4 Å². The van der Waals surface area contributed by atoms with Crippen molar-refractivity contribution in [1.82, 2.24) is 9.88 Å². The average Bonchev–Trinajstić information content (AvgIpc) is 2.88. The Kier molecular flexibility index (Phi) is 5.21. The van der Waals surface area contributed by atoms with Crippen molar-refractivity contribution in [3.63, 3.8) is 0 Å². The van der Waals surface area contributed by atoms with Gasteiger partial charge in [-0.2, -0.15) is 0 Å². The summed E-state index contributed by atoms with van der Waals surface area (Å²) in [5.74, 6) is -0.373. The second-order valence-electron chi connectivity index (χ2n) is 5.00. The smallest absolute Gasteiger partial charge is 0.141 e. The first-order valence-corrected chi connectivity index (χ1v) is 7.28. The lowest BCUT2D eigenvalue weighted by molar-refractivity contribution is 0.540. The maximum Gasteiger partial charge on any atom is 0.141 e. The number of aromatic nitrogens is 1. The van der Waals surface area contributed by atoms with Gasteiger partial charge in [0.25, 0.3) is 0 Å². The van der Waals surface area contributed by atoms with Crippen LogP contribution in [0, 0.1) is 5.82 Å². The Morgan fingerprint density at radius 2 is 2.15 bits per heavy atom. The van der Waals surface area contributed by atoms with E-state index in [1.54, 1.807) is 12.1 Å². The highest BCUT2D eigenvalue weighted by molar-refractivity contribution is 6.30. The molecule has 0 radical (unpaired) electrons. The summed E-state index contributed by atoms with van der Waals surface area (Å²) in [4.78, 5) is 0. The van der Waals surface area contributed by atoms with Gasteiger partial charge in [0.2, 0.25) is 0 Å². The van der Waals surface area contributed by atoms with Crippen molar-refractivity contribution in [3.05, 3.63) is 58.6 Å². The molecule has 0 spiro atoms. The fourth-order valence-corrected chi connectivity index (χ4v) is 2.58. The van der Waals surface area contributed by atoms with E-state index in [-0.39, 0.29) is 10.8 Å². The minimum atomic E-state index is -0.373. The number of benzene rings is 1. The first-order chi connectivity index (χ1) is 9.63. The zero-order chi connectivity index (χ0) is 14.5. The molecule has 1 N–H and O–H groups in total. The minimum absolute atomic E-state index is 0.175. The third kappa shape index (κ3) is 3.62. The average molecular weight is 295 g/mol. The van der Waals surface area contributed by atoms with Gasteiger partial charge in [-0.25, -0.2) is 4.39 Å². The molecule has 0 amide bonds. The molecule has 20 heavy (non-hydrogen) atoms. The molecule has 4 heteroatoms. The van der Waals surface area contributed by atoms with Crippen molar-refractivity contribution in [2.45, 2.75) is 32.4 Å². The highest BCUT2D eigenvalue weighted by Crippen LogP contribution is 2.20. The summed E-state index contributed by atoms with van der Waals surface area (Å²) in [7, 11) is 1.98. The van der Waals surface area contributed by atoms with E-state index in [1.807, 2.05) is 13.2 Å². The molecule has 2 nitrogen and oxygen atoms in total. The number of nitrogens with zero attached hydrogens (tertiary/aromatic N) is 1. The molecule has 1 aromatic carbocycles. The molecular weight excluding hydrogens is 275 g/mol. The quantitative estimate of drug-likeness (QED) is 0.836. The van der Waals surface area contributed by atoms with Crippen LogP contribution in [0.3, 0.4) is 0 Å². The van der Waals surface area contributed by atoms with E-state index in [9.17, 15) is 4.39 Å². The maximum absolute atomic E-state index is 13.1. The molecule has 2 rings (SSSR count). The fraction of sp³-hybridized carbons (Fsp3) is 0.375. The standard InChI is InChI=1S/C16H20ClFN2/c1-3-4-16(19-2)13-7-8-20(11-13)10-12-5-6-15(18)14(17)9-12/h5-9,11,16,19H,3-4,10H2,1-2H3. The Morgan fingerprint density at radius 1 is 1.35 bits per heavy atom. The molecule has 0 aliphatic rings. The summed E-state index contributed by atoms with van der Waals surface area (Å²) in [6.45, 7) is 2.88. The van der Waals surface area contributed by atoms with Gasteiger partial charge in [-0.1, -0.05) is 31.0 Å². The summed E-state index contributed by atoms with van der Waals surface area (Å²) in [6.07, 6.45) is 6.44. The van der Waals surface area contributed by atoms with E-state index < -0.39 is 0 Å². The van der Waals surface area contributed by atoms with Crippen molar-refractivity contribution >= 4 is 11.6 Å².